The predicted octanol–water partition coefficient (Wildman–Crippen LogP) is 3.51. The molecule has 7 fully saturated rings. The lowest BCUT2D eigenvalue weighted by atomic mass is 9.41. The fourth-order valence-electron chi connectivity index (χ4n) is 8.97. The van der Waals surface area contributed by atoms with Crippen LogP contribution in [0.1, 0.15) is 58.6 Å². The van der Waals surface area contributed by atoms with Crippen LogP contribution < -0.4 is 0 Å². The lowest BCUT2D eigenvalue weighted by Crippen LogP contribution is -2.81. The minimum absolute atomic E-state index is 0.109. The highest BCUT2D eigenvalue weighted by Crippen LogP contribution is 2.82. The van der Waals surface area contributed by atoms with Crippen LogP contribution in [0.5, 0.6) is 0 Å². The van der Waals surface area contributed by atoms with Crippen molar-refractivity contribution in [1.29, 1.82) is 0 Å². The maximum atomic E-state index is 12.6. The van der Waals surface area contributed by atoms with Crippen LogP contribution >= 0.6 is 0 Å². The van der Waals surface area contributed by atoms with E-state index in [0.717, 1.165) is 11.1 Å². The molecule has 4 aliphatic heterocycles. The molecular formula is C38H44O14. The number of esters is 4. The molecule has 14 heteroatoms. The van der Waals surface area contributed by atoms with Crippen LogP contribution in [0.25, 0.3) is 0 Å². The molecule has 6 bridgehead atoms. The van der Waals surface area contributed by atoms with Gasteiger partial charge in [0.2, 0.25) is 0 Å². The molecule has 14 nitrogen and oxygen atoms in total. The molecule has 4 heterocycles. The molecular weight excluding hydrogens is 680 g/mol. The summed E-state index contributed by atoms with van der Waals surface area (Å²) in [6.07, 6.45) is -6.64. The molecule has 0 radical (unpaired) electrons. The fraction of sp³-hybridized carbons (Fsp3) is 0.579. The average Bonchev–Trinajstić information content (AvgIpc) is 3.29. The van der Waals surface area contributed by atoms with Crippen molar-refractivity contribution < 1.29 is 66.5 Å². The van der Waals surface area contributed by atoms with Gasteiger partial charge in [0.25, 0.3) is 0 Å². The molecule has 0 N–H and O–H groups in total. The van der Waals surface area contributed by atoms with Crippen molar-refractivity contribution in [3.05, 3.63) is 71.8 Å². The van der Waals surface area contributed by atoms with Crippen LogP contribution in [-0.2, 0) is 79.8 Å². The summed E-state index contributed by atoms with van der Waals surface area (Å²) in [5, 5.41) is 0. The van der Waals surface area contributed by atoms with Crippen molar-refractivity contribution >= 4 is 23.9 Å². The Morgan fingerprint density at radius 1 is 0.750 bits per heavy atom. The number of carbonyl (C=O) groups is 4. The van der Waals surface area contributed by atoms with E-state index >= 15 is 0 Å². The second kappa shape index (κ2) is 13.8. The third-order valence-electron chi connectivity index (χ3n) is 11.0. The topological polar surface area (TPSA) is 161 Å². The van der Waals surface area contributed by atoms with Crippen LogP contribution in [0, 0.1) is 11.3 Å². The molecule has 4 saturated heterocycles. The highest BCUT2D eigenvalue weighted by molar-refractivity contribution is 5.68. The zero-order valence-corrected chi connectivity index (χ0v) is 29.8. The zero-order chi connectivity index (χ0) is 36.9. The van der Waals surface area contributed by atoms with E-state index < -0.39 is 83.3 Å². The third kappa shape index (κ3) is 6.08. The molecule has 52 heavy (non-hydrogen) atoms. The van der Waals surface area contributed by atoms with Crippen LogP contribution in [-0.4, -0.2) is 91.1 Å². The van der Waals surface area contributed by atoms with Gasteiger partial charge in [-0.25, -0.2) is 0 Å². The summed E-state index contributed by atoms with van der Waals surface area (Å²) >= 11 is 0. The summed E-state index contributed by atoms with van der Waals surface area (Å²) in [6, 6.07) is 19.2. The predicted molar refractivity (Wildman–Crippen MR) is 175 cm³/mol. The molecule has 0 aromatic heterocycles. The number of hydrogen-bond acceptors (Lipinski definition) is 14. The molecule has 9 rings (SSSR count). The molecule has 3 aliphatic carbocycles. The molecule has 280 valence electrons. The second-order valence-corrected chi connectivity index (χ2v) is 14.3. The quantitative estimate of drug-likeness (QED) is 0.206. The van der Waals surface area contributed by atoms with Crippen molar-refractivity contribution in [1.82, 2.24) is 0 Å². The molecule has 7 aliphatic rings. The highest BCUT2D eigenvalue weighted by Gasteiger charge is 2.95. The number of benzene rings is 2. The van der Waals surface area contributed by atoms with Crippen LogP contribution in [0.2, 0.25) is 0 Å². The second-order valence-electron chi connectivity index (χ2n) is 14.3. The standard InChI is InChI=1S/C38H44O14/c1-22(39)44-21-36-29-16-38(36,35(5)20-37(29,52-34(36)51-35)45-18-27-14-10-7-11-15-27)50-33-32(48-25(4)42)31(47-24(3)41)30(46-23(2)40)28(49-33)19-43-17-26-12-8-6-9-13-26/h6-15,28-34H,16-21H2,1-5H3/t28-,29-,30-,31+,32-,33+,34-,35+,36+,37-,38+/m1/s1. The minimum Gasteiger partial charge on any atom is -0.465 e. The number of carbonyl (C=O) groups excluding carboxylic acids is 4. The van der Waals surface area contributed by atoms with E-state index in [4.69, 9.17) is 47.4 Å². The lowest BCUT2D eigenvalue weighted by molar-refractivity contribution is -0.432. The summed E-state index contributed by atoms with van der Waals surface area (Å²) in [5.74, 6) is -3.98. The molecule has 11 atom stereocenters. The summed E-state index contributed by atoms with van der Waals surface area (Å²) in [4.78, 5) is 49.9. The minimum atomic E-state index is -1.39. The van der Waals surface area contributed by atoms with Gasteiger partial charge < -0.3 is 47.4 Å². The third-order valence-corrected chi connectivity index (χ3v) is 11.0. The van der Waals surface area contributed by atoms with Crippen LogP contribution in [0.4, 0.5) is 0 Å². The molecule has 0 spiro atoms. The van der Waals surface area contributed by atoms with Gasteiger partial charge in [0.15, 0.2) is 36.7 Å². The molecule has 0 unspecified atom stereocenters. The molecule has 2 aromatic carbocycles. The molecule has 0 amide bonds. The van der Waals surface area contributed by atoms with Gasteiger partial charge in [-0.1, -0.05) is 60.7 Å². The van der Waals surface area contributed by atoms with Crippen molar-refractivity contribution in [3.8, 4) is 0 Å². The largest absolute Gasteiger partial charge is 0.465 e. The Hall–Kier alpha value is -3.92. The molecule has 2 aromatic rings. The van der Waals surface area contributed by atoms with Gasteiger partial charge in [0.05, 0.1) is 25.2 Å². The Labute approximate surface area is 301 Å². The van der Waals surface area contributed by atoms with E-state index in [2.05, 4.69) is 0 Å². The summed E-state index contributed by atoms with van der Waals surface area (Å²) in [6.45, 7) is 7.08. The van der Waals surface area contributed by atoms with Gasteiger partial charge >= 0.3 is 23.9 Å². The molecule has 3 saturated carbocycles. The summed E-state index contributed by atoms with van der Waals surface area (Å²) < 4.78 is 62.3. The van der Waals surface area contributed by atoms with E-state index in [1.54, 1.807) is 0 Å². The van der Waals surface area contributed by atoms with Crippen molar-refractivity contribution in [2.75, 3.05) is 13.2 Å². The maximum absolute atomic E-state index is 12.6. The lowest BCUT2D eigenvalue weighted by Gasteiger charge is -2.68. The number of ether oxygens (including phenoxy) is 10. The normalized spacial score (nSPS) is 37.9. The average molecular weight is 725 g/mol. The summed E-state index contributed by atoms with van der Waals surface area (Å²) in [7, 11) is 0. The van der Waals surface area contributed by atoms with Crippen LogP contribution in [0.3, 0.4) is 0 Å². The first-order chi connectivity index (χ1) is 24.8. The van der Waals surface area contributed by atoms with Crippen LogP contribution in [0.15, 0.2) is 60.7 Å². The number of rotatable bonds is 14. The Morgan fingerprint density at radius 2 is 1.35 bits per heavy atom. The van der Waals surface area contributed by atoms with Crippen molar-refractivity contribution in [2.24, 2.45) is 11.3 Å². The first-order valence-electron chi connectivity index (χ1n) is 17.4. The Bertz CT molecular complexity index is 1670. The van der Waals surface area contributed by atoms with Gasteiger partial charge in [-0.3, -0.25) is 19.2 Å². The van der Waals surface area contributed by atoms with Gasteiger partial charge in [0, 0.05) is 40.0 Å². The first-order valence-corrected chi connectivity index (χ1v) is 17.4. The fourth-order valence-corrected chi connectivity index (χ4v) is 8.97. The smallest absolute Gasteiger partial charge is 0.303 e. The zero-order valence-electron chi connectivity index (χ0n) is 29.8. The van der Waals surface area contributed by atoms with E-state index in [1.807, 2.05) is 67.6 Å². The maximum Gasteiger partial charge on any atom is 0.303 e. The Balaban J connectivity index is 1.23. The monoisotopic (exact) mass is 724 g/mol. The van der Waals surface area contributed by atoms with E-state index in [-0.39, 0.29) is 38.8 Å². The Kier molecular flexibility index (Phi) is 9.68. The van der Waals surface area contributed by atoms with E-state index in [1.165, 1.54) is 27.7 Å². The van der Waals surface area contributed by atoms with E-state index in [9.17, 15) is 19.2 Å². The van der Waals surface area contributed by atoms with Gasteiger partial charge in [-0.15, -0.1) is 0 Å². The Morgan fingerprint density at radius 3 is 1.96 bits per heavy atom. The van der Waals surface area contributed by atoms with Crippen molar-refractivity contribution in [3.63, 3.8) is 0 Å². The van der Waals surface area contributed by atoms with Gasteiger partial charge in [-0.05, 0) is 24.5 Å². The highest BCUT2D eigenvalue weighted by atomic mass is 16.8. The number of hydrogen-bond donors (Lipinski definition) is 0. The summed E-state index contributed by atoms with van der Waals surface area (Å²) in [5.41, 5.74) is -1.47. The first kappa shape index (κ1) is 36.4. The van der Waals surface area contributed by atoms with Gasteiger partial charge in [0.1, 0.15) is 23.9 Å². The van der Waals surface area contributed by atoms with Gasteiger partial charge in [-0.2, -0.15) is 0 Å². The van der Waals surface area contributed by atoms with Crippen molar-refractivity contribution in [2.45, 2.75) is 115 Å². The SMILES string of the molecule is CC(=O)OC[C@]12[C@H]3O[C@]4(OCc5ccccc5)C[C@](C)(O3)[C@@]1(O[C@@H]1O[C@H](COCc3ccccc3)[C@@H](OC(C)=O)[C@H](OC(C)=O)[C@H]1OC(C)=O)C[C@@H]42. The van der Waals surface area contributed by atoms with E-state index in [0.29, 0.717) is 6.42 Å².